The highest BCUT2D eigenvalue weighted by Gasteiger charge is 2.44. The van der Waals surface area contributed by atoms with E-state index in [9.17, 15) is 9.18 Å². The Hall–Kier alpha value is -2.36. The highest BCUT2D eigenvalue weighted by atomic mass is 19.1. The summed E-state index contributed by atoms with van der Waals surface area (Å²) in [7, 11) is 3.48. The Bertz CT molecular complexity index is 719. The van der Waals surface area contributed by atoms with Gasteiger partial charge in [0.1, 0.15) is 11.6 Å². The zero-order valence-corrected chi connectivity index (χ0v) is 14.8. The van der Waals surface area contributed by atoms with E-state index in [0.717, 1.165) is 42.6 Å². The largest absolute Gasteiger partial charge is 0.497 e. The topological polar surface area (TPSA) is 29.5 Å². The van der Waals surface area contributed by atoms with E-state index in [2.05, 4.69) is 0 Å². The molecule has 132 valence electrons. The van der Waals surface area contributed by atoms with Crippen LogP contribution in [0.15, 0.2) is 48.5 Å². The number of likely N-dealkylation sites (N-methyl/N-ethyl adjacent to an activating group) is 1. The third-order valence-corrected chi connectivity index (χ3v) is 5.19. The molecule has 1 aliphatic rings. The summed E-state index contributed by atoms with van der Waals surface area (Å²) in [5, 5.41) is 0. The van der Waals surface area contributed by atoms with E-state index in [1.54, 1.807) is 24.1 Å². The lowest BCUT2D eigenvalue weighted by Gasteiger charge is -2.33. The van der Waals surface area contributed by atoms with Crippen molar-refractivity contribution in [3.63, 3.8) is 0 Å². The molecule has 1 saturated carbocycles. The van der Waals surface area contributed by atoms with Crippen LogP contribution in [0.4, 0.5) is 4.39 Å². The Kier molecular flexibility index (Phi) is 5.07. The van der Waals surface area contributed by atoms with E-state index >= 15 is 0 Å². The van der Waals surface area contributed by atoms with Crippen molar-refractivity contribution in [1.29, 1.82) is 0 Å². The third-order valence-electron chi connectivity index (χ3n) is 5.19. The molecule has 3 nitrogen and oxygen atoms in total. The lowest BCUT2D eigenvalue weighted by molar-refractivity contribution is -0.136. The van der Waals surface area contributed by atoms with Crippen molar-refractivity contribution < 1.29 is 13.9 Å². The van der Waals surface area contributed by atoms with Gasteiger partial charge in [0.15, 0.2) is 0 Å². The number of rotatable bonds is 5. The van der Waals surface area contributed by atoms with E-state index < -0.39 is 5.41 Å². The summed E-state index contributed by atoms with van der Waals surface area (Å²) in [5.41, 5.74) is 1.47. The fourth-order valence-corrected chi connectivity index (χ4v) is 3.82. The second-order valence-electron chi connectivity index (χ2n) is 6.81. The fraction of sp³-hybridized carbons (Fsp3) is 0.381. The molecular formula is C21H24FNO2. The number of methoxy groups -OCH3 is 1. The first-order valence-electron chi connectivity index (χ1n) is 8.70. The van der Waals surface area contributed by atoms with Crippen LogP contribution in [0, 0.1) is 5.82 Å². The Labute approximate surface area is 148 Å². The van der Waals surface area contributed by atoms with Crippen molar-refractivity contribution in [3.05, 3.63) is 65.5 Å². The molecule has 1 amide bonds. The predicted molar refractivity (Wildman–Crippen MR) is 96.0 cm³/mol. The molecule has 0 saturated heterocycles. The molecule has 0 aliphatic heterocycles. The first-order chi connectivity index (χ1) is 12.0. The Morgan fingerprint density at radius 3 is 2.24 bits per heavy atom. The van der Waals surface area contributed by atoms with E-state index in [4.69, 9.17) is 4.74 Å². The highest BCUT2D eigenvalue weighted by molar-refractivity contribution is 5.88. The molecule has 0 N–H and O–H groups in total. The zero-order valence-electron chi connectivity index (χ0n) is 14.8. The van der Waals surface area contributed by atoms with E-state index in [-0.39, 0.29) is 11.7 Å². The van der Waals surface area contributed by atoms with Crippen LogP contribution in [0.3, 0.4) is 0 Å². The molecule has 0 radical (unpaired) electrons. The van der Waals surface area contributed by atoms with E-state index in [1.807, 2.05) is 31.3 Å². The standard InChI is InChI=1S/C21H24FNO2/c1-23(15-16-5-11-19(25-2)12-6-16)20(24)21(13-3-4-14-21)17-7-9-18(22)10-8-17/h5-12H,3-4,13-15H2,1-2H3. The molecule has 2 aromatic carbocycles. The number of hydrogen-bond acceptors (Lipinski definition) is 2. The minimum Gasteiger partial charge on any atom is -0.497 e. The molecule has 25 heavy (non-hydrogen) atoms. The van der Waals surface area contributed by atoms with Crippen molar-refractivity contribution in [2.45, 2.75) is 37.6 Å². The summed E-state index contributed by atoms with van der Waals surface area (Å²) >= 11 is 0. The second kappa shape index (κ2) is 7.26. The number of benzene rings is 2. The van der Waals surface area contributed by atoms with Crippen LogP contribution < -0.4 is 4.74 Å². The number of carbonyl (C=O) groups is 1. The molecule has 1 aliphatic carbocycles. The normalized spacial score (nSPS) is 15.8. The highest BCUT2D eigenvalue weighted by Crippen LogP contribution is 2.42. The number of hydrogen-bond donors (Lipinski definition) is 0. The summed E-state index contributed by atoms with van der Waals surface area (Å²) < 4.78 is 18.5. The third kappa shape index (κ3) is 3.53. The minimum absolute atomic E-state index is 0.118. The first kappa shape index (κ1) is 17.5. The van der Waals surface area contributed by atoms with E-state index in [1.165, 1.54) is 12.1 Å². The van der Waals surface area contributed by atoms with Gasteiger partial charge in [-0.25, -0.2) is 4.39 Å². The maximum Gasteiger partial charge on any atom is 0.233 e. The lowest BCUT2D eigenvalue weighted by atomic mass is 9.77. The van der Waals surface area contributed by atoms with Gasteiger partial charge in [-0.2, -0.15) is 0 Å². The number of ether oxygens (including phenoxy) is 1. The average molecular weight is 341 g/mol. The van der Waals surface area contributed by atoms with Gasteiger partial charge in [-0.3, -0.25) is 4.79 Å². The minimum atomic E-state index is -0.519. The lowest BCUT2D eigenvalue weighted by Crippen LogP contribution is -2.43. The number of halogens is 1. The number of carbonyl (C=O) groups excluding carboxylic acids is 1. The summed E-state index contributed by atoms with van der Waals surface area (Å²) in [4.78, 5) is 15.1. The molecular weight excluding hydrogens is 317 g/mol. The molecule has 1 fully saturated rings. The fourth-order valence-electron chi connectivity index (χ4n) is 3.82. The zero-order chi connectivity index (χ0) is 17.9. The molecule has 2 aromatic rings. The van der Waals surface area contributed by atoms with Gasteiger partial charge >= 0.3 is 0 Å². The quantitative estimate of drug-likeness (QED) is 0.811. The summed E-state index contributed by atoms with van der Waals surface area (Å²) in [5.74, 6) is 0.652. The predicted octanol–water partition coefficient (Wildman–Crippen LogP) is 4.30. The van der Waals surface area contributed by atoms with Crippen LogP contribution in [-0.2, 0) is 16.8 Å². The van der Waals surface area contributed by atoms with Crippen LogP contribution in [-0.4, -0.2) is 25.0 Å². The van der Waals surface area contributed by atoms with Gasteiger partial charge in [-0.15, -0.1) is 0 Å². The maximum absolute atomic E-state index is 13.3. The molecule has 4 heteroatoms. The van der Waals surface area contributed by atoms with Gasteiger partial charge in [0.05, 0.1) is 12.5 Å². The van der Waals surface area contributed by atoms with Crippen LogP contribution in [0.2, 0.25) is 0 Å². The van der Waals surface area contributed by atoms with Crippen LogP contribution in [0.5, 0.6) is 5.75 Å². The smallest absolute Gasteiger partial charge is 0.233 e. The Morgan fingerprint density at radius 2 is 1.68 bits per heavy atom. The van der Waals surface area contributed by atoms with Crippen LogP contribution in [0.25, 0.3) is 0 Å². The molecule has 0 spiro atoms. The van der Waals surface area contributed by atoms with Crippen molar-refractivity contribution in [2.24, 2.45) is 0 Å². The molecule has 3 rings (SSSR count). The SMILES string of the molecule is COc1ccc(CN(C)C(=O)C2(c3ccc(F)cc3)CCCC2)cc1. The van der Waals surface area contributed by atoms with Gasteiger partial charge in [0.25, 0.3) is 0 Å². The molecule has 0 unspecified atom stereocenters. The van der Waals surface area contributed by atoms with Gasteiger partial charge in [0.2, 0.25) is 5.91 Å². The van der Waals surface area contributed by atoms with Gasteiger partial charge in [0, 0.05) is 13.6 Å². The van der Waals surface area contributed by atoms with Crippen LogP contribution in [0.1, 0.15) is 36.8 Å². The molecule has 0 atom stereocenters. The maximum atomic E-state index is 13.3. The number of amides is 1. The van der Waals surface area contributed by atoms with Crippen LogP contribution >= 0.6 is 0 Å². The van der Waals surface area contributed by atoms with E-state index in [0.29, 0.717) is 6.54 Å². The van der Waals surface area contributed by atoms with Gasteiger partial charge in [-0.1, -0.05) is 37.1 Å². The monoisotopic (exact) mass is 341 g/mol. The van der Waals surface area contributed by atoms with Gasteiger partial charge in [-0.05, 0) is 48.2 Å². The molecule has 0 aromatic heterocycles. The average Bonchev–Trinajstić information content (AvgIpc) is 3.13. The van der Waals surface area contributed by atoms with Crippen molar-refractivity contribution in [1.82, 2.24) is 4.90 Å². The summed E-state index contributed by atoms with van der Waals surface area (Å²) in [6, 6.07) is 14.2. The van der Waals surface area contributed by atoms with Crippen molar-refractivity contribution >= 4 is 5.91 Å². The molecule has 0 heterocycles. The summed E-state index contributed by atoms with van der Waals surface area (Å²) in [6.07, 6.45) is 3.70. The Balaban J connectivity index is 1.81. The Morgan fingerprint density at radius 1 is 1.08 bits per heavy atom. The molecule has 0 bridgehead atoms. The first-order valence-corrected chi connectivity index (χ1v) is 8.70. The summed E-state index contributed by atoms with van der Waals surface area (Å²) in [6.45, 7) is 0.547. The second-order valence-corrected chi connectivity index (χ2v) is 6.81. The van der Waals surface area contributed by atoms with Gasteiger partial charge < -0.3 is 9.64 Å². The number of nitrogens with zero attached hydrogens (tertiary/aromatic N) is 1. The van der Waals surface area contributed by atoms with Crippen molar-refractivity contribution in [2.75, 3.05) is 14.2 Å². The van der Waals surface area contributed by atoms with Crippen molar-refractivity contribution in [3.8, 4) is 5.75 Å².